The van der Waals surface area contributed by atoms with E-state index in [1.807, 2.05) is 19.9 Å². The molecule has 4 nitrogen and oxygen atoms in total. The lowest BCUT2D eigenvalue weighted by Crippen LogP contribution is -2.32. The fourth-order valence-electron chi connectivity index (χ4n) is 3.03. The van der Waals surface area contributed by atoms with Crippen LogP contribution in [0.15, 0.2) is 12.1 Å². The van der Waals surface area contributed by atoms with Gasteiger partial charge in [0.25, 0.3) is 11.7 Å². The summed E-state index contributed by atoms with van der Waals surface area (Å²) in [7, 11) is 0. The second kappa shape index (κ2) is 5.02. The number of carbonyl (C=O) groups excluding carboxylic acids is 2. The smallest absolute Gasteiger partial charge is 0.299 e. The van der Waals surface area contributed by atoms with E-state index in [1.54, 1.807) is 11.0 Å². The van der Waals surface area contributed by atoms with Gasteiger partial charge in [-0.1, -0.05) is 6.07 Å². The van der Waals surface area contributed by atoms with Crippen LogP contribution in [-0.2, 0) is 9.53 Å². The predicted molar refractivity (Wildman–Crippen MR) is 76.2 cm³/mol. The molecule has 0 radical (unpaired) electrons. The van der Waals surface area contributed by atoms with Crippen molar-refractivity contribution in [2.75, 3.05) is 18.1 Å². The van der Waals surface area contributed by atoms with Gasteiger partial charge in [-0.2, -0.15) is 0 Å². The maximum Gasteiger partial charge on any atom is 0.299 e. The molecule has 1 unspecified atom stereocenters. The van der Waals surface area contributed by atoms with Gasteiger partial charge in [-0.3, -0.25) is 9.59 Å². The summed E-state index contributed by atoms with van der Waals surface area (Å²) in [5.74, 6) is -0.776. The molecule has 1 aromatic carbocycles. The molecule has 0 N–H and O–H groups in total. The first kappa shape index (κ1) is 13.3. The first-order valence-electron chi connectivity index (χ1n) is 7.17. The molecule has 106 valence electrons. The van der Waals surface area contributed by atoms with Gasteiger partial charge in [0, 0.05) is 13.2 Å². The van der Waals surface area contributed by atoms with Crippen molar-refractivity contribution < 1.29 is 14.3 Å². The van der Waals surface area contributed by atoms with Crippen LogP contribution in [0.2, 0.25) is 0 Å². The number of carbonyl (C=O) groups is 2. The summed E-state index contributed by atoms with van der Waals surface area (Å²) in [6.07, 6.45) is 3.17. The summed E-state index contributed by atoms with van der Waals surface area (Å²) in [5.41, 5.74) is 3.48. The number of anilines is 1. The van der Waals surface area contributed by atoms with E-state index in [-0.39, 0.29) is 11.9 Å². The number of nitrogens with zero attached hydrogens (tertiary/aromatic N) is 1. The number of Topliss-reactive ketones (excluding diaryl/α,β-unsaturated/α-hetero) is 1. The highest BCUT2D eigenvalue weighted by molar-refractivity contribution is 6.52. The number of ketones is 1. The Morgan fingerprint density at radius 2 is 2.10 bits per heavy atom. The molecule has 0 spiro atoms. The van der Waals surface area contributed by atoms with E-state index in [0.29, 0.717) is 12.1 Å². The first-order valence-corrected chi connectivity index (χ1v) is 7.17. The molecule has 2 aliphatic heterocycles. The summed E-state index contributed by atoms with van der Waals surface area (Å²) in [6, 6.07) is 3.67. The van der Waals surface area contributed by atoms with Gasteiger partial charge in [0.1, 0.15) is 0 Å². The molecule has 0 bridgehead atoms. The molecule has 0 aromatic heterocycles. The molecule has 1 atom stereocenters. The van der Waals surface area contributed by atoms with Crippen LogP contribution in [0.5, 0.6) is 0 Å². The lowest BCUT2D eigenvalue weighted by molar-refractivity contribution is -0.114. The monoisotopic (exact) mass is 273 g/mol. The zero-order valence-electron chi connectivity index (χ0n) is 11.9. The van der Waals surface area contributed by atoms with Gasteiger partial charge < -0.3 is 9.64 Å². The summed E-state index contributed by atoms with van der Waals surface area (Å²) in [5, 5.41) is 0. The number of ether oxygens (including phenoxy) is 1. The zero-order valence-corrected chi connectivity index (χ0v) is 11.9. The highest BCUT2D eigenvalue weighted by Gasteiger charge is 2.37. The molecule has 0 aliphatic carbocycles. The summed E-state index contributed by atoms with van der Waals surface area (Å²) < 4.78 is 5.59. The number of fused-ring (bicyclic) bond motifs is 1. The minimum Gasteiger partial charge on any atom is -0.378 e. The van der Waals surface area contributed by atoms with Crippen LogP contribution >= 0.6 is 0 Å². The van der Waals surface area contributed by atoms with Crippen molar-refractivity contribution in [2.45, 2.75) is 39.2 Å². The number of hydrogen-bond donors (Lipinski definition) is 0. The standard InChI is InChI=1S/C16H19NO3/c1-10-5-6-13-14(11(10)2)17(16(19)15(13)18)8-7-12-4-3-9-20-12/h5-6,12H,3-4,7-9H2,1-2H3. The van der Waals surface area contributed by atoms with Crippen molar-refractivity contribution in [1.82, 2.24) is 0 Å². The Kier molecular flexibility index (Phi) is 3.34. The van der Waals surface area contributed by atoms with Gasteiger partial charge in [-0.25, -0.2) is 0 Å². The van der Waals surface area contributed by atoms with Gasteiger partial charge in [-0.15, -0.1) is 0 Å². The maximum absolute atomic E-state index is 12.2. The molecular formula is C16H19NO3. The number of amides is 1. The number of benzene rings is 1. The van der Waals surface area contributed by atoms with Crippen LogP contribution in [-0.4, -0.2) is 30.9 Å². The molecule has 4 heteroatoms. The van der Waals surface area contributed by atoms with Crippen LogP contribution < -0.4 is 4.90 Å². The second-order valence-electron chi connectivity index (χ2n) is 5.61. The SMILES string of the molecule is Cc1ccc2c(c1C)N(CCC1CCCO1)C(=O)C2=O. The van der Waals surface area contributed by atoms with E-state index in [9.17, 15) is 9.59 Å². The minimum atomic E-state index is -0.397. The topological polar surface area (TPSA) is 46.6 Å². The molecule has 1 saturated heterocycles. The van der Waals surface area contributed by atoms with Crippen molar-refractivity contribution in [1.29, 1.82) is 0 Å². The summed E-state index contributed by atoms with van der Waals surface area (Å²) >= 11 is 0. The van der Waals surface area contributed by atoms with Crippen molar-refractivity contribution in [3.8, 4) is 0 Å². The molecule has 0 saturated carbocycles. The lowest BCUT2D eigenvalue weighted by Gasteiger charge is -2.21. The third-order valence-electron chi connectivity index (χ3n) is 4.35. The first-order chi connectivity index (χ1) is 9.59. The molecule has 1 amide bonds. The maximum atomic E-state index is 12.2. The van der Waals surface area contributed by atoms with Gasteiger partial charge in [-0.05, 0) is 50.3 Å². The Hall–Kier alpha value is -1.68. The quantitative estimate of drug-likeness (QED) is 0.794. The second-order valence-corrected chi connectivity index (χ2v) is 5.61. The highest BCUT2D eigenvalue weighted by Crippen LogP contribution is 2.34. The molecule has 1 fully saturated rings. The van der Waals surface area contributed by atoms with Crippen LogP contribution in [0.25, 0.3) is 0 Å². The largest absolute Gasteiger partial charge is 0.378 e. The number of hydrogen-bond acceptors (Lipinski definition) is 3. The van der Waals surface area contributed by atoms with Crippen LogP contribution in [0.1, 0.15) is 40.7 Å². The van der Waals surface area contributed by atoms with Crippen molar-refractivity contribution in [2.24, 2.45) is 0 Å². The van der Waals surface area contributed by atoms with E-state index in [2.05, 4.69) is 0 Å². The van der Waals surface area contributed by atoms with Gasteiger partial charge >= 0.3 is 0 Å². The number of aryl methyl sites for hydroxylation is 1. The van der Waals surface area contributed by atoms with E-state index >= 15 is 0 Å². The van der Waals surface area contributed by atoms with E-state index < -0.39 is 5.91 Å². The van der Waals surface area contributed by atoms with Gasteiger partial charge in [0.2, 0.25) is 0 Å². The van der Waals surface area contributed by atoms with E-state index in [1.165, 1.54) is 0 Å². The zero-order chi connectivity index (χ0) is 14.3. The Morgan fingerprint density at radius 1 is 1.30 bits per heavy atom. The fourth-order valence-corrected chi connectivity index (χ4v) is 3.03. The Balaban J connectivity index is 1.86. The minimum absolute atomic E-state index is 0.229. The molecular weight excluding hydrogens is 254 g/mol. The van der Waals surface area contributed by atoms with Crippen LogP contribution in [0.4, 0.5) is 5.69 Å². The van der Waals surface area contributed by atoms with Gasteiger partial charge in [0.05, 0.1) is 17.4 Å². The van der Waals surface area contributed by atoms with Gasteiger partial charge in [0.15, 0.2) is 0 Å². The molecule has 2 heterocycles. The van der Waals surface area contributed by atoms with Crippen LogP contribution in [0, 0.1) is 13.8 Å². The summed E-state index contributed by atoms with van der Waals surface area (Å²) in [4.78, 5) is 25.9. The normalized spacial score (nSPS) is 21.7. The van der Waals surface area contributed by atoms with E-state index in [4.69, 9.17) is 4.74 Å². The third-order valence-corrected chi connectivity index (χ3v) is 4.35. The molecule has 2 aliphatic rings. The molecule has 3 rings (SSSR count). The average molecular weight is 273 g/mol. The van der Waals surface area contributed by atoms with Crippen LogP contribution in [0.3, 0.4) is 0 Å². The molecule has 20 heavy (non-hydrogen) atoms. The highest BCUT2D eigenvalue weighted by atomic mass is 16.5. The molecule has 1 aromatic rings. The lowest BCUT2D eigenvalue weighted by atomic mass is 10.0. The Bertz CT molecular complexity index is 573. The summed E-state index contributed by atoms with van der Waals surface area (Å²) in [6.45, 7) is 5.35. The number of rotatable bonds is 3. The van der Waals surface area contributed by atoms with Crippen molar-refractivity contribution in [3.63, 3.8) is 0 Å². The van der Waals surface area contributed by atoms with Crippen molar-refractivity contribution >= 4 is 17.4 Å². The average Bonchev–Trinajstić information content (AvgIpc) is 3.02. The Labute approximate surface area is 118 Å². The van der Waals surface area contributed by atoms with E-state index in [0.717, 1.165) is 42.7 Å². The third kappa shape index (κ3) is 2.04. The fraction of sp³-hybridized carbons (Fsp3) is 0.500. The predicted octanol–water partition coefficient (Wildman–Crippen LogP) is 2.40. The Morgan fingerprint density at radius 3 is 2.80 bits per heavy atom. The van der Waals surface area contributed by atoms with Crippen molar-refractivity contribution in [3.05, 3.63) is 28.8 Å².